The van der Waals surface area contributed by atoms with Crippen LogP contribution >= 0.6 is 11.3 Å². The summed E-state index contributed by atoms with van der Waals surface area (Å²) in [5.41, 5.74) is 1.69. The smallest absolute Gasteiger partial charge is 0.309 e. The maximum absolute atomic E-state index is 10.5. The van der Waals surface area contributed by atoms with E-state index in [1.165, 1.54) is 11.3 Å². The summed E-state index contributed by atoms with van der Waals surface area (Å²) in [5, 5.41) is 23.4. The second-order valence-corrected chi connectivity index (χ2v) is 4.92. The summed E-state index contributed by atoms with van der Waals surface area (Å²) in [4.78, 5) is 14.7. The first-order chi connectivity index (χ1) is 9.13. The minimum atomic E-state index is -0.874. The lowest BCUT2D eigenvalue weighted by molar-refractivity contribution is -0.136. The number of aromatic hydroxyl groups is 1. The van der Waals surface area contributed by atoms with E-state index in [9.17, 15) is 4.79 Å². The highest BCUT2D eigenvalue weighted by Gasteiger charge is 2.05. The van der Waals surface area contributed by atoms with Gasteiger partial charge < -0.3 is 15.5 Å². The molecule has 1 heterocycles. The van der Waals surface area contributed by atoms with Crippen LogP contribution in [0.2, 0.25) is 0 Å². The second-order valence-electron chi connectivity index (χ2n) is 4.06. The van der Waals surface area contributed by atoms with E-state index in [1.54, 1.807) is 17.5 Å². The normalized spacial score (nSPS) is 10.3. The van der Waals surface area contributed by atoms with Gasteiger partial charge in [0.05, 0.1) is 12.1 Å². The Kier molecular flexibility index (Phi) is 4.35. The number of hydrogen-bond acceptors (Lipinski definition) is 5. The fourth-order valence-corrected chi connectivity index (χ4v) is 2.34. The van der Waals surface area contributed by atoms with Gasteiger partial charge in [-0.15, -0.1) is 11.3 Å². The zero-order valence-electron chi connectivity index (χ0n) is 10.2. The van der Waals surface area contributed by atoms with Crippen molar-refractivity contribution in [3.8, 4) is 5.75 Å². The van der Waals surface area contributed by atoms with Gasteiger partial charge >= 0.3 is 5.97 Å². The van der Waals surface area contributed by atoms with Crippen LogP contribution in [-0.4, -0.2) is 27.7 Å². The van der Waals surface area contributed by atoms with Gasteiger partial charge in [0, 0.05) is 11.9 Å². The average molecular weight is 278 g/mol. The molecule has 0 spiro atoms. The van der Waals surface area contributed by atoms with Crippen molar-refractivity contribution >= 4 is 22.4 Å². The number of thiazole rings is 1. The number of aliphatic carboxylic acids is 1. The summed E-state index contributed by atoms with van der Waals surface area (Å²) in [7, 11) is 0. The van der Waals surface area contributed by atoms with Crippen molar-refractivity contribution in [3.63, 3.8) is 0 Å². The molecule has 0 aliphatic heterocycles. The maximum atomic E-state index is 10.5. The SMILES string of the molecule is O=C(O)Cc1csc(NCCc2ccc(O)cc2)n1. The first-order valence-electron chi connectivity index (χ1n) is 5.81. The molecule has 100 valence electrons. The fraction of sp³-hybridized carbons (Fsp3) is 0.231. The summed E-state index contributed by atoms with van der Waals surface area (Å²) in [6, 6.07) is 7.05. The number of hydrogen-bond donors (Lipinski definition) is 3. The Morgan fingerprint density at radius 1 is 1.32 bits per heavy atom. The van der Waals surface area contributed by atoms with Crippen LogP contribution in [0, 0.1) is 0 Å². The lowest BCUT2D eigenvalue weighted by Gasteiger charge is -2.03. The molecular weight excluding hydrogens is 264 g/mol. The Balaban J connectivity index is 1.80. The third-order valence-electron chi connectivity index (χ3n) is 2.51. The molecule has 0 saturated carbocycles. The molecular formula is C13H14N2O3S. The molecule has 2 rings (SSSR count). The van der Waals surface area contributed by atoms with Crippen molar-refractivity contribution in [2.75, 3.05) is 11.9 Å². The molecule has 6 heteroatoms. The van der Waals surface area contributed by atoms with Crippen molar-refractivity contribution in [3.05, 3.63) is 40.9 Å². The van der Waals surface area contributed by atoms with Gasteiger partial charge in [-0.1, -0.05) is 12.1 Å². The van der Waals surface area contributed by atoms with Crippen LogP contribution in [0.15, 0.2) is 29.6 Å². The van der Waals surface area contributed by atoms with Crippen LogP contribution < -0.4 is 5.32 Å². The molecule has 0 fully saturated rings. The van der Waals surface area contributed by atoms with E-state index in [0.717, 1.165) is 17.1 Å². The van der Waals surface area contributed by atoms with Crippen LogP contribution in [0.5, 0.6) is 5.75 Å². The highest BCUT2D eigenvalue weighted by molar-refractivity contribution is 7.13. The zero-order valence-corrected chi connectivity index (χ0v) is 11.0. The Bertz CT molecular complexity index is 551. The van der Waals surface area contributed by atoms with Gasteiger partial charge in [0.25, 0.3) is 0 Å². The van der Waals surface area contributed by atoms with E-state index in [-0.39, 0.29) is 12.2 Å². The molecule has 0 atom stereocenters. The number of nitrogens with zero attached hydrogens (tertiary/aromatic N) is 1. The van der Waals surface area contributed by atoms with Gasteiger partial charge in [0.2, 0.25) is 0 Å². The largest absolute Gasteiger partial charge is 0.508 e. The molecule has 0 aliphatic carbocycles. The summed E-state index contributed by atoms with van der Waals surface area (Å²) in [6.45, 7) is 0.713. The van der Waals surface area contributed by atoms with Crippen LogP contribution in [0.3, 0.4) is 0 Å². The van der Waals surface area contributed by atoms with Gasteiger partial charge in [-0.2, -0.15) is 0 Å². The number of carboxylic acid groups (broad SMARTS) is 1. The number of phenolic OH excluding ortho intramolecular Hbond substituents is 1. The zero-order chi connectivity index (χ0) is 13.7. The van der Waals surface area contributed by atoms with Crippen molar-refractivity contribution < 1.29 is 15.0 Å². The Morgan fingerprint density at radius 2 is 2.05 bits per heavy atom. The number of carbonyl (C=O) groups is 1. The summed E-state index contributed by atoms with van der Waals surface area (Å²) < 4.78 is 0. The third-order valence-corrected chi connectivity index (χ3v) is 3.36. The maximum Gasteiger partial charge on any atom is 0.309 e. The van der Waals surface area contributed by atoms with Crippen LogP contribution in [0.25, 0.3) is 0 Å². The number of aromatic nitrogens is 1. The van der Waals surface area contributed by atoms with Gasteiger partial charge in [-0.25, -0.2) is 4.98 Å². The van der Waals surface area contributed by atoms with Gasteiger partial charge in [0.15, 0.2) is 5.13 Å². The molecule has 1 aromatic carbocycles. The number of benzene rings is 1. The van der Waals surface area contributed by atoms with E-state index in [0.29, 0.717) is 12.2 Å². The Morgan fingerprint density at radius 3 is 2.74 bits per heavy atom. The monoisotopic (exact) mass is 278 g/mol. The van der Waals surface area contributed by atoms with Crippen molar-refractivity contribution in [2.24, 2.45) is 0 Å². The molecule has 1 aromatic heterocycles. The minimum absolute atomic E-state index is 0.0455. The molecule has 0 unspecified atom stereocenters. The lowest BCUT2D eigenvalue weighted by atomic mass is 10.1. The van der Waals surface area contributed by atoms with Crippen LogP contribution in [0.4, 0.5) is 5.13 Å². The van der Waals surface area contributed by atoms with E-state index in [1.807, 2.05) is 12.1 Å². The third kappa shape index (κ3) is 4.26. The van der Waals surface area contributed by atoms with Gasteiger partial charge in [-0.3, -0.25) is 4.79 Å². The predicted octanol–water partition coefficient (Wildman–Crippen LogP) is 2.13. The topological polar surface area (TPSA) is 82.5 Å². The van der Waals surface area contributed by atoms with Crippen LogP contribution in [-0.2, 0) is 17.6 Å². The predicted molar refractivity (Wildman–Crippen MR) is 73.8 cm³/mol. The Labute approximate surface area is 114 Å². The highest BCUT2D eigenvalue weighted by Crippen LogP contribution is 2.16. The highest BCUT2D eigenvalue weighted by atomic mass is 32.1. The van der Waals surface area contributed by atoms with Gasteiger partial charge in [0.1, 0.15) is 5.75 Å². The molecule has 2 aromatic rings. The van der Waals surface area contributed by atoms with Gasteiger partial charge in [-0.05, 0) is 24.1 Å². The van der Waals surface area contributed by atoms with E-state index in [2.05, 4.69) is 10.3 Å². The van der Waals surface area contributed by atoms with Crippen molar-refractivity contribution in [1.82, 2.24) is 4.98 Å². The molecule has 3 N–H and O–H groups in total. The molecule has 0 amide bonds. The number of rotatable bonds is 6. The standard InChI is InChI=1S/C13H14N2O3S/c16-11-3-1-9(2-4-11)5-6-14-13-15-10(8-19-13)7-12(17)18/h1-4,8,16H,5-7H2,(H,14,15)(H,17,18). The number of nitrogens with one attached hydrogen (secondary N) is 1. The molecule has 0 aliphatic rings. The lowest BCUT2D eigenvalue weighted by Crippen LogP contribution is -2.05. The van der Waals surface area contributed by atoms with E-state index >= 15 is 0 Å². The number of phenols is 1. The molecule has 0 radical (unpaired) electrons. The molecule has 19 heavy (non-hydrogen) atoms. The number of carboxylic acids is 1. The quantitative estimate of drug-likeness (QED) is 0.754. The second kappa shape index (κ2) is 6.19. The summed E-state index contributed by atoms with van der Waals surface area (Å²) in [6.07, 6.45) is 0.768. The molecule has 0 bridgehead atoms. The first kappa shape index (κ1) is 13.4. The summed E-state index contributed by atoms with van der Waals surface area (Å²) in [5.74, 6) is -0.615. The minimum Gasteiger partial charge on any atom is -0.508 e. The Hall–Kier alpha value is -2.08. The number of anilines is 1. The first-order valence-corrected chi connectivity index (χ1v) is 6.69. The molecule has 0 saturated heterocycles. The fourth-order valence-electron chi connectivity index (χ4n) is 1.60. The van der Waals surface area contributed by atoms with E-state index < -0.39 is 5.97 Å². The van der Waals surface area contributed by atoms with Crippen molar-refractivity contribution in [1.29, 1.82) is 0 Å². The molecule has 5 nitrogen and oxygen atoms in total. The van der Waals surface area contributed by atoms with E-state index in [4.69, 9.17) is 10.2 Å². The average Bonchev–Trinajstić information content (AvgIpc) is 2.78. The summed E-state index contributed by atoms with van der Waals surface area (Å²) >= 11 is 1.40. The van der Waals surface area contributed by atoms with Crippen LogP contribution in [0.1, 0.15) is 11.3 Å². The van der Waals surface area contributed by atoms with Crippen molar-refractivity contribution in [2.45, 2.75) is 12.8 Å².